The molecule has 0 saturated carbocycles. The van der Waals surface area contributed by atoms with E-state index in [4.69, 9.17) is 19.7 Å². The molecule has 0 N–H and O–H groups in total. The van der Waals surface area contributed by atoms with Gasteiger partial charge in [0.05, 0.1) is 0 Å². The Balaban J connectivity index is 1.13. The Bertz CT molecular complexity index is 1940. The minimum absolute atomic E-state index is 0.0240. The molecule has 0 radical (unpaired) electrons. The molecule has 5 aromatic rings. The van der Waals surface area contributed by atoms with E-state index in [1.54, 1.807) is 0 Å². The lowest BCUT2D eigenvalue weighted by molar-refractivity contribution is 0.257. The third-order valence-corrected chi connectivity index (χ3v) is 8.48. The summed E-state index contributed by atoms with van der Waals surface area (Å²) in [5.41, 5.74) is 9.25. The summed E-state index contributed by atoms with van der Waals surface area (Å²) in [6, 6.07) is 37.4. The van der Waals surface area contributed by atoms with Gasteiger partial charge in [-0.2, -0.15) is 0 Å². The van der Waals surface area contributed by atoms with Gasteiger partial charge in [-0.05, 0) is 46.8 Å². The largest absolute Gasteiger partial charge is 0.484 e. The molecule has 2 atom stereocenters. The number of hydrogen-bond acceptors (Lipinski definition) is 4. The molecule has 206 valence electrons. The summed E-state index contributed by atoms with van der Waals surface area (Å²) in [5, 5.41) is 0. The van der Waals surface area contributed by atoms with Gasteiger partial charge in [0, 0.05) is 22.6 Å². The first-order chi connectivity index (χ1) is 21.3. The fourth-order valence-corrected chi connectivity index (χ4v) is 6.23. The number of ether oxygens (including phenoxy) is 1. The van der Waals surface area contributed by atoms with Gasteiger partial charge in [-0.1, -0.05) is 134 Å². The number of allylic oxidation sites excluding steroid dienone is 5. The SMILES string of the molecule is C1=CC2c3ccccc3OC2C(C2=CC=C(c3nc(-c4ccccc4)nc(-c4ccc(-c5ccccc5)cc4)n3)CC2)=C1. The highest BCUT2D eigenvalue weighted by molar-refractivity contribution is 5.72. The molecule has 43 heavy (non-hydrogen) atoms. The van der Waals surface area contributed by atoms with Crippen molar-refractivity contribution in [3.05, 3.63) is 162 Å². The van der Waals surface area contributed by atoms with Crippen LogP contribution in [-0.4, -0.2) is 21.1 Å². The number of nitrogens with zero attached hydrogens (tertiary/aromatic N) is 3. The summed E-state index contributed by atoms with van der Waals surface area (Å²) < 4.78 is 6.44. The van der Waals surface area contributed by atoms with Gasteiger partial charge in [0.25, 0.3) is 0 Å². The Morgan fingerprint density at radius 2 is 1.07 bits per heavy atom. The maximum Gasteiger partial charge on any atom is 0.164 e. The zero-order valence-electron chi connectivity index (χ0n) is 23.6. The molecule has 0 fully saturated rings. The summed E-state index contributed by atoms with van der Waals surface area (Å²) in [4.78, 5) is 14.9. The maximum atomic E-state index is 6.44. The quantitative estimate of drug-likeness (QED) is 0.217. The average Bonchev–Trinajstić information content (AvgIpc) is 3.48. The highest BCUT2D eigenvalue weighted by Crippen LogP contribution is 2.46. The molecule has 4 heteroatoms. The van der Waals surface area contributed by atoms with Crippen molar-refractivity contribution in [1.29, 1.82) is 0 Å². The Morgan fingerprint density at radius 1 is 0.512 bits per heavy atom. The van der Waals surface area contributed by atoms with E-state index in [9.17, 15) is 0 Å². The molecule has 3 aliphatic rings. The van der Waals surface area contributed by atoms with Crippen LogP contribution in [0.25, 0.3) is 39.5 Å². The van der Waals surface area contributed by atoms with Gasteiger partial charge in [-0.15, -0.1) is 0 Å². The molecule has 0 bridgehead atoms. The van der Waals surface area contributed by atoms with Gasteiger partial charge >= 0.3 is 0 Å². The van der Waals surface area contributed by atoms with Crippen LogP contribution in [-0.2, 0) is 0 Å². The van der Waals surface area contributed by atoms with E-state index in [0.29, 0.717) is 11.6 Å². The predicted octanol–water partition coefficient (Wildman–Crippen LogP) is 9.02. The topological polar surface area (TPSA) is 47.9 Å². The molecule has 0 saturated heterocycles. The van der Waals surface area contributed by atoms with E-state index >= 15 is 0 Å². The Labute approximate surface area is 251 Å². The number of rotatable bonds is 5. The smallest absolute Gasteiger partial charge is 0.164 e. The van der Waals surface area contributed by atoms with Crippen LogP contribution in [0.15, 0.2) is 151 Å². The first kappa shape index (κ1) is 25.4. The second-order valence-electron chi connectivity index (χ2n) is 11.1. The molecule has 8 rings (SSSR count). The highest BCUT2D eigenvalue weighted by atomic mass is 16.5. The van der Waals surface area contributed by atoms with Gasteiger partial charge in [0.2, 0.25) is 0 Å². The van der Waals surface area contributed by atoms with E-state index in [1.807, 2.05) is 42.5 Å². The normalized spacial score (nSPS) is 18.6. The lowest BCUT2D eigenvalue weighted by Crippen LogP contribution is -2.24. The zero-order valence-corrected chi connectivity index (χ0v) is 23.6. The van der Waals surface area contributed by atoms with Crippen molar-refractivity contribution < 1.29 is 4.74 Å². The Morgan fingerprint density at radius 3 is 1.79 bits per heavy atom. The van der Waals surface area contributed by atoms with Gasteiger partial charge in [-0.25, -0.2) is 15.0 Å². The van der Waals surface area contributed by atoms with E-state index in [1.165, 1.54) is 22.3 Å². The maximum absolute atomic E-state index is 6.44. The second kappa shape index (κ2) is 10.8. The van der Waals surface area contributed by atoms with Crippen molar-refractivity contribution in [2.45, 2.75) is 24.9 Å². The summed E-state index contributed by atoms with van der Waals surface area (Å²) in [7, 11) is 0. The van der Waals surface area contributed by atoms with Crippen LogP contribution in [0.4, 0.5) is 0 Å². The van der Waals surface area contributed by atoms with Crippen LogP contribution < -0.4 is 4.74 Å². The molecule has 0 amide bonds. The third kappa shape index (κ3) is 4.81. The molecule has 1 aromatic heterocycles. The van der Waals surface area contributed by atoms with Crippen molar-refractivity contribution in [2.24, 2.45) is 0 Å². The predicted molar refractivity (Wildman–Crippen MR) is 172 cm³/mol. The number of aromatic nitrogens is 3. The minimum atomic E-state index is 0.0240. The molecule has 2 unspecified atom stereocenters. The molecule has 4 aromatic carbocycles. The summed E-state index contributed by atoms with van der Waals surface area (Å²) in [5.74, 6) is 3.34. The highest BCUT2D eigenvalue weighted by Gasteiger charge is 2.37. The van der Waals surface area contributed by atoms with Crippen molar-refractivity contribution in [3.63, 3.8) is 0 Å². The molecule has 2 heterocycles. The summed E-state index contributed by atoms with van der Waals surface area (Å²) in [6.45, 7) is 0. The summed E-state index contributed by atoms with van der Waals surface area (Å²) in [6.07, 6.45) is 12.8. The second-order valence-corrected chi connectivity index (χ2v) is 11.1. The van der Waals surface area contributed by atoms with Crippen LogP contribution >= 0.6 is 0 Å². The molecular weight excluding hydrogens is 526 g/mol. The van der Waals surface area contributed by atoms with Gasteiger partial charge in [-0.3, -0.25) is 0 Å². The average molecular weight is 556 g/mol. The monoisotopic (exact) mass is 555 g/mol. The van der Waals surface area contributed by atoms with Crippen molar-refractivity contribution in [1.82, 2.24) is 15.0 Å². The van der Waals surface area contributed by atoms with Crippen LogP contribution in [0.2, 0.25) is 0 Å². The van der Waals surface area contributed by atoms with Crippen LogP contribution in [0, 0.1) is 0 Å². The number of benzene rings is 4. The fraction of sp³-hybridized carbons (Fsp3) is 0.103. The Hall–Kier alpha value is -5.35. The number of hydrogen-bond donors (Lipinski definition) is 0. The lowest BCUT2D eigenvalue weighted by Gasteiger charge is -2.26. The van der Waals surface area contributed by atoms with E-state index in [2.05, 4.69) is 97.1 Å². The van der Waals surface area contributed by atoms with Crippen molar-refractivity contribution in [3.8, 4) is 39.7 Å². The molecule has 0 spiro atoms. The van der Waals surface area contributed by atoms with Crippen molar-refractivity contribution >= 4 is 5.57 Å². The van der Waals surface area contributed by atoms with Gasteiger partial charge in [0.15, 0.2) is 17.5 Å². The zero-order chi connectivity index (χ0) is 28.6. The van der Waals surface area contributed by atoms with Gasteiger partial charge < -0.3 is 4.74 Å². The summed E-state index contributed by atoms with van der Waals surface area (Å²) >= 11 is 0. The number of fused-ring (bicyclic) bond motifs is 3. The van der Waals surface area contributed by atoms with Crippen LogP contribution in [0.5, 0.6) is 5.75 Å². The minimum Gasteiger partial charge on any atom is -0.484 e. The third-order valence-electron chi connectivity index (χ3n) is 8.48. The van der Waals surface area contributed by atoms with Crippen molar-refractivity contribution in [2.75, 3.05) is 0 Å². The first-order valence-electron chi connectivity index (χ1n) is 14.8. The molecule has 1 aliphatic heterocycles. The van der Waals surface area contributed by atoms with E-state index < -0.39 is 0 Å². The molecule has 2 aliphatic carbocycles. The van der Waals surface area contributed by atoms with Crippen LogP contribution in [0.1, 0.15) is 30.1 Å². The number of para-hydroxylation sites is 1. The van der Waals surface area contributed by atoms with E-state index in [0.717, 1.165) is 46.7 Å². The standard InChI is InChI=1S/C39H29N3O/c1-3-10-26(11-4-1)27-18-22-30(23-19-27)38-40-37(29-12-5-2-6-13-29)41-39(42-38)31-24-20-28(21-25-31)32-15-9-16-34-33-14-7-8-17-35(33)43-36(32)34/h1-20,22-24,34,36H,21,25H2. The molecule has 4 nitrogen and oxygen atoms in total. The van der Waals surface area contributed by atoms with Crippen LogP contribution in [0.3, 0.4) is 0 Å². The first-order valence-corrected chi connectivity index (χ1v) is 14.8. The lowest BCUT2D eigenvalue weighted by atomic mass is 9.81. The Kier molecular flexibility index (Phi) is 6.38. The molecular formula is C39H29N3O. The fourth-order valence-electron chi connectivity index (χ4n) is 6.23. The van der Waals surface area contributed by atoms with E-state index in [-0.39, 0.29) is 12.0 Å². The van der Waals surface area contributed by atoms with Gasteiger partial charge in [0.1, 0.15) is 11.9 Å².